The minimum absolute atomic E-state index is 0.310. The number of carboxylic acids is 1. The van der Waals surface area contributed by atoms with Gasteiger partial charge < -0.3 is 5.11 Å². The summed E-state index contributed by atoms with van der Waals surface area (Å²) < 4.78 is 0. The van der Waals surface area contributed by atoms with Gasteiger partial charge in [0.1, 0.15) is 0 Å². The summed E-state index contributed by atoms with van der Waals surface area (Å²) in [5.74, 6) is 11.8. The molecule has 1 N–H and O–H groups in total. The highest BCUT2D eigenvalue weighted by Gasteiger charge is 1.95. The van der Waals surface area contributed by atoms with E-state index in [0.29, 0.717) is 12.8 Å². The third-order valence-corrected chi connectivity index (χ3v) is 3.02. The fourth-order valence-electron chi connectivity index (χ4n) is 1.81. The van der Waals surface area contributed by atoms with Gasteiger partial charge in [0.2, 0.25) is 0 Å². The highest BCUT2D eigenvalue weighted by molar-refractivity contribution is 5.66. The van der Waals surface area contributed by atoms with E-state index in [1.165, 1.54) is 25.7 Å². The quantitative estimate of drug-likeness (QED) is 0.460. The average molecular weight is 276 g/mol. The van der Waals surface area contributed by atoms with Crippen LogP contribution in [-0.2, 0) is 4.79 Å². The summed E-state index contributed by atoms with van der Waals surface area (Å²) in [4.78, 5) is 10.3. The second-order valence-corrected chi connectivity index (χ2v) is 5.00. The van der Waals surface area contributed by atoms with Crippen LogP contribution in [0.25, 0.3) is 0 Å². The third kappa shape index (κ3) is 16.6. The lowest BCUT2D eigenvalue weighted by Crippen LogP contribution is -1.93. The van der Waals surface area contributed by atoms with Crippen molar-refractivity contribution >= 4 is 5.97 Å². The van der Waals surface area contributed by atoms with Crippen molar-refractivity contribution in [3.63, 3.8) is 0 Å². The molecule has 0 aliphatic heterocycles. The first-order valence-electron chi connectivity index (χ1n) is 7.90. The van der Waals surface area contributed by atoms with Crippen LogP contribution in [0.4, 0.5) is 0 Å². The summed E-state index contributed by atoms with van der Waals surface area (Å²) in [5, 5.41) is 8.49. The van der Waals surface area contributed by atoms with Crippen LogP contribution < -0.4 is 0 Å². The van der Waals surface area contributed by atoms with Crippen molar-refractivity contribution in [2.75, 3.05) is 0 Å². The third-order valence-electron chi connectivity index (χ3n) is 3.02. The van der Waals surface area contributed by atoms with E-state index in [0.717, 1.165) is 38.5 Å². The van der Waals surface area contributed by atoms with E-state index < -0.39 is 5.97 Å². The van der Waals surface area contributed by atoms with E-state index in [1.54, 1.807) is 0 Å². The lowest BCUT2D eigenvalue weighted by atomic mass is 10.1. The summed E-state index contributed by atoms with van der Waals surface area (Å²) in [6, 6.07) is 0. The molecule has 0 atom stereocenters. The Kier molecular flexibility index (Phi) is 14.5. The fraction of sp³-hybridized carbons (Fsp3) is 0.722. The lowest BCUT2D eigenvalue weighted by Gasteiger charge is -1.98. The Bertz CT molecular complexity index is 349. The molecule has 0 aliphatic rings. The van der Waals surface area contributed by atoms with Crippen LogP contribution in [-0.4, -0.2) is 11.1 Å². The van der Waals surface area contributed by atoms with Gasteiger partial charge in [-0.15, -0.1) is 11.8 Å². The molecule has 0 saturated heterocycles. The second kappa shape index (κ2) is 15.6. The van der Waals surface area contributed by atoms with Gasteiger partial charge in [-0.25, -0.2) is 0 Å². The molecule has 0 aromatic rings. The predicted molar refractivity (Wildman–Crippen MR) is 84.3 cm³/mol. The van der Waals surface area contributed by atoms with E-state index in [2.05, 4.69) is 30.6 Å². The zero-order valence-corrected chi connectivity index (χ0v) is 12.8. The van der Waals surface area contributed by atoms with Gasteiger partial charge in [-0.1, -0.05) is 50.9 Å². The topological polar surface area (TPSA) is 37.3 Å². The maximum absolute atomic E-state index is 10.3. The number of hydrogen-bond acceptors (Lipinski definition) is 1. The molecule has 2 nitrogen and oxygen atoms in total. The van der Waals surface area contributed by atoms with E-state index in [-0.39, 0.29) is 0 Å². The maximum atomic E-state index is 10.3. The molecule has 2 heteroatoms. The molecule has 0 aromatic heterocycles. The Morgan fingerprint density at radius 1 is 0.800 bits per heavy atom. The Morgan fingerprint density at radius 3 is 1.95 bits per heavy atom. The molecule has 0 aliphatic carbocycles. The molecular formula is C18H28O2. The zero-order chi connectivity index (χ0) is 14.9. The smallest absolute Gasteiger partial charge is 0.303 e. The summed E-state index contributed by atoms with van der Waals surface area (Å²) in [7, 11) is 0. The Hall–Kier alpha value is -1.41. The van der Waals surface area contributed by atoms with Gasteiger partial charge in [-0.3, -0.25) is 4.79 Å². The summed E-state index contributed by atoms with van der Waals surface area (Å²) >= 11 is 0. The van der Waals surface area contributed by atoms with Crippen LogP contribution in [0, 0.1) is 23.7 Å². The van der Waals surface area contributed by atoms with E-state index in [1.807, 2.05) is 0 Å². The molecule has 0 aromatic carbocycles. The van der Waals surface area contributed by atoms with Crippen LogP contribution in [0.1, 0.15) is 84.0 Å². The lowest BCUT2D eigenvalue weighted by molar-refractivity contribution is -0.137. The highest BCUT2D eigenvalue weighted by atomic mass is 16.4. The standard InChI is InChI=1S/C18H28O2/c1-2-3-4-5-6-7-8-9-10-11-12-13-14-15-16-17-18(19)20/h2-4,7,10-17H2,1H3,(H,19,20). The first-order valence-corrected chi connectivity index (χ1v) is 7.90. The van der Waals surface area contributed by atoms with E-state index in [4.69, 9.17) is 5.11 Å². The molecule has 0 spiro atoms. The normalized spacial score (nSPS) is 9.25. The van der Waals surface area contributed by atoms with Crippen molar-refractivity contribution < 1.29 is 9.90 Å². The molecule has 112 valence electrons. The molecule has 0 amide bonds. The van der Waals surface area contributed by atoms with E-state index in [9.17, 15) is 4.79 Å². The molecule has 20 heavy (non-hydrogen) atoms. The molecule has 0 radical (unpaired) electrons. The molecule has 0 heterocycles. The number of hydrogen-bond donors (Lipinski definition) is 1. The van der Waals surface area contributed by atoms with Gasteiger partial charge in [-0.2, -0.15) is 0 Å². The monoisotopic (exact) mass is 276 g/mol. The van der Waals surface area contributed by atoms with Gasteiger partial charge in [0.15, 0.2) is 0 Å². The number of rotatable bonds is 10. The van der Waals surface area contributed by atoms with Crippen molar-refractivity contribution in [2.45, 2.75) is 84.0 Å². The van der Waals surface area contributed by atoms with Gasteiger partial charge in [0.05, 0.1) is 6.42 Å². The van der Waals surface area contributed by atoms with Crippen LogP contribution in [0.5, 0.6) is 0 Å². The Balaban J connectivity index is 3.23. The van der Waals surface area contributed by atoms with Crippen molar-refractivity contribution in [3.8, 4) is 23.7 Å². The van der Waals surface area contributed by atoms with Crippen molar-refractivity contribution in [3.05, 3.63) is 0 Å². The van der Waals surface area contributed by atoms with Crippen molar-refractivity contribution in [2.24, 2.45) is 0 Å². The molecular weight excluding hydrogens is 248 g/mol. The van der Waals surface area contributed by atoms with Crippen molar-refractivity contribution in [1.82, 2.24) is 0 Å². The van der Waals surface area contributed by atoms with Crippen LogP contribution in [0.3, 0.4) is 0 Å². The molecule has 0 fully saturated rings. The average Bonchev–Trinajstić information content (AvgIpc) is 2.43. The first-order chi connectivity index (χ1) is 9.77. The number of aliphatic carboxylic acids is 1. The zero-order valence-electron chi connectivity index (χ0n) is 12.8. The molecule has 0 unspecified atom stereocenters. The van der Waals surface area contributed by atoms with E-state index >= 15 is 0 Å². The summed E-state index contributed by atoms with van der Waals surface area (Å²) in [5.41, 5.74) is 0. The fourth-order valence-corrected chi connectivity index (χ4v) is 1.81. The largest absolute Gasteiger partial charge is 0.481 e. The summed E-state index contributed by atoms with van der Waals surface area (Å²) in [6.45, 7) is 2.17. The highest BCUT2D eigenvalue weighted by Crippen LogP contribution is 2.08. The second-order valence-electron chi connectivity index (χ2n) is 5.00. The minimum Gasteiger partial charge on any atom is -0.481 e. The minimum atomic E-state index is -0.682. The Labute approximate surface area is 124 Å². The summed E-state index contributed by atoms with van der Waals surface area (Å²) in [6.07, 6.45) is 11.9. The van der Waals surface area contributed by atoms with Crippen molar-refractivity contribution in [1.29, 1.82) is 0 Å². The number of carbonyl (C=O) groups is 1. The van der Waals surface area contributed by atoms with Crippen LogP contribution in [0.2, 0.25) is 0 Å². The molecule has 0 saturated carbocycles. The molecule has 0 bridgehead atoms. The van der Waals surface area contributed by atoms with Gasteiger partial charge in [-0.05, 0) is 19.3 Å². The van der Waals surface area contributed by atoms with Gasteiger partial charge in [0.25, 0.3) is 0 Å². The van der Waals surface area contributed by atoms with Gasteiger partial charge in [0, 0.05) is 19.3 Å². The molecule has 0 rings (SSSR count). The van der Waals surface area contributed by atoms with Crippen LogP contribution >= 0.6 is 0 Å². The Morgan fingerprint density at radius 2 is 1.35 bits per heavy atom. The first kappa shape index (κ1) is 18.6. The SMILES string of the molecule is CCCCC#CCC#CCCCCCCCCC(=O)O. The number of carboxylic acid groups (broad SMARTS) is 1. The van der Waals surface area contributed by atoms with Gasteiger partial charge >= 0.3 is 5.97 Å². The maximum Gasteiger partial charge on any atom is 0.303 e. The predicted octanol–water partition coefficient (Wildman–Crippen LogP) is 4.78. The number of unbranched alkanes of at least 4 members (excludes halogenated alkanes) is 8. The van der Waals surface area contributed by atoms with Crippen LogP contribution in [0.15, 0.2) is 0 Å².